The Bertz CT molecular complexity index is 366. The van der Waals surface area contributed by atoms with Gasteiger partial charge in [0.25, 0.3) is 0 Å². The third kappa shape index (κ3) is 2.80. The van der Waals surface area contributed by atoms with Crippen molar-refractivity contribution in [2.45, 2.75) is 13.8 Å². The molecule has 0 aliphatic carbocycles. The number of nitrogen functional groups attached to an aromatic ring is 1. The van der Waals surface area contributed by atoms with Crippen LogP contribution in [0.4, 0.5) is 11.8 Å². The number of amides is 1. The van der Waals surface area contributed by atoms with Crippen LogP contribution in [0, 0.1) is 6.92 Å². The largest absolute Gasteiger partial charge is 0.368 e. The van der Waals surface area contributed by atoms with Crippen molar-refractivity contribution in [1.82, 2.24) is 9.97 Å². The van der Waals surface area contributed by atoms with Crippen molar-refractivity contribution in [1.29, 1.82) is 0 Å². The van der Waals surface area contributed by atoms with Gasteiger partial charge in [0.15, 0.2) is 0 Å². The van der Waals surface area contributed by atoms with Gasteiger partial charge in [0.2, 0.25) is 11.9 Å². The average molecular weight is 209 g/mol. The zero-order chi connectivity index (χ0) is 11.4. The number of nitrogens with two attached hydrogens (primary N) is 2. The molecule has 0 radical (unpaired) electrons. The molecule has 0 bridgehead atoms. The Balaban J connectivity index is 3.00. The first kappa shape index (κ1) is 11.2. The summed E-state index contributed by atoms with van der Waals surface area (Å²) in [6.07, 6.45) is 1.63. The smallest absolute Gasteiger partial charge is 0.236 e. The number of aromatic nitrogens is 2. The van der Waals surface area contributed by atoms with E-state index < -0.39 is 5.91 Å². The van der Waals surface area contributed by atoms with Crippen LogP contribution in [0.3, 0.4) is 0 Å². The summed E-state index contributed by atoms with van der Waals surface area (Å²) in [5.41, 5.74) is 11.5. The Labute approximate surface area is 88.3 Å². The van der Waals surface area contributed by atoms with E-state index in [0.29, 0.717) is 12.4 Å². The molecule has 1 amide bonds. The van der Waals surface area contributed by atoms with Gasteiger partial charge in [-0.2, -0.15) is 4.98 Å². The molecule has 0 saturated heterocycles. The molecule has 1 aromatic heterocycles. The number of rotatable bonds is 4. The Morgan fingerprint density at radius 2 is 2.27 bits per heavy atom. The van der Waals surface area contributed by atoms with Crippen molar-refractivity contribution >= 4 is 17.7 Å². The van der Waals surface area contributed by atoms with Gasteiger partial charge in [-0.15, -0.1) is 0 Å². The number of anilines is 2. The molecule has 0 spiro atoms. The number of carbonyl (C=O) groups excluding carboxylic acids is 1. The van der Waals surface area contributed by atoms with Crippen LogP contribution in [0.25, 0.3) is 0 Å². The summed E-state index contributed by atoms with van der Waals surface area (Å²) < 4.78 is 0. The second-order valence-corrected chi connectivity index (χ2v) is 3.22. The maximum Gasteiger partial charge on any atom is 0.236 e. The normalized spacial score (nSPS) is 10.0. The van der Waals surface area contributed by atoms with Crippen molar-refractivity contribution in [3.63, 3.8) is 0 Å². The zero-order valence-corrected chi connectivity index (χ0v) is 8.90. The van der Waals surface area contributed by atoms with E-state index in [-0.39, 0.29) is 12.5 Å². The second-order valence-electron chi connectivity index (χ2n) is 3.22. The van der Waals surface area contributed by atoms with Crippen LogP contribution >= 0.6 is 0 Å². The minimum atomic E-state index is -0.395. The minimum absolute atomic E-state index is 0.133. The van der Waals surface area contributed by atoms with Crippen molar-refractivity contribution < 1.29 is 4.79 Å². The molecule has 82 valence electrons. The zero-order valence-electron chi connectivity index (χ0n) is 8.90. The molecule has 0 unspecified atom stereocenters. The van der Waals surface area contributed by atoms with Gasteiger partial charge in [-0.05, 0) is 13.8 Å². The van der Waals surface area contributed by atoms with E-state index in [1.807, 2.05) is 13.8 Å². The molecule has 0 atom stereocenters. The van der Waals surface area contributed by atoms with Gasteiger partial charge < -0.3 is 16.4 Å². The standard InChI is InChI=1S/C9H15N5O/c1-3-14(5-7(10)15)8-6(2)4-12-9(11)13-8/h4H,3,5H2,1-2H3,(H2,10,15)(H2,11,12,13). The van der Waals surface area contributed by atoms with Gasteiger partial charge in [0.05, 0.1) is 6.54 Å². The number of hydrogen-bond donors (Lipinski definition) is 2. The molecular weight excluding hydrogens is 194 g/mol. The predicted molar refractivity (Wildman–Crippen MR) is 58.3 cm³/mol. The minimum Gasteiger partial charge on any atom is -0.368 e. The molecule has 0 aliphatic heterocycles. The van der Waals surface area contributed by atoms with Gasteiger partial charge in [0.1, 0.15) is 5.82 Å². The van der Waals surface area contributed by atoms with Crippen molar-refractivity contribution in [3.8, 4) is 0 Å². The Morgan fingerprint density at radius 3 is 2.80 bits per heavy atom. The predicted octanol–water partition coefficient (Wildman–Crippen LogP) is -0.321. The lowest BCUT2D eigenvalue weighted by Gasteiger charge is -2.21. The van der Waals surface area contributed by atoms with Crippen LogP contribution in [0.15, 0.2) is 6.20 Å². The lowest BCUT2D eigenvalue weighted by atomic mass is 10.3. The molecule has 0 aliphatic rings. The van der Waals surface area contributed by atoms with Gasteiger partial charge in [-0.1, -0.05) is 0 Å². The van der Waals surface area contributed by atoms with Crippen LogP contribution in [-0.2, 0) is 4.79 Å². The van der Waals surface area contributed by atoms with Gasteiger partial charge in [-0.3, -0.25) is 4.79 Å². The molecule has 0 aromatic carbocycles. The van der Waals surface area contributed by atoms with Crippen molar-refractivity contribution in [3.05, 3.63) is 11.8 Å². The second kappa shape index (κ2) is 4.59. The summed E-state index contributed by atoms with van der Waals surface area (Å²) in [5.74, 6) is 0.454. The van der Waals surface area contributed by atoms with E-state index in [9.17, 15) is 4.79 Å². The maximum absolute atomic E-state index is 10.8. The summed E-state index contributed by atoms with van der Waals surface area (Å²) in [4.78, 5) is 20.5. The molecule has 4 N–H and O–H groups in total. The number of nitrogens with zero attached hydrogens (tertiary/aromatic N) is 3. The molecular formula is C9H15N5O. The Hall–Kier alpha value is -1.85. The first-order valence-electron chi connectivity index (χ1n) is 4.67. The van der Waals surface area contributed by atoms with Crippen LogP contribution in [0.5, 0.6) is 0 Å². The molecule has 1 heterocycles. The molecule has 1 aromatic rings. The third-order valence-corrected chi connectivity index (χ3v) is 1.99. The van der Waals surface area contributed by atoms with E-state index in [1.54, 1.807) is 11.1 Å². The van der Waals surface area contributed by atoms with Gasteiger partial charge in [-0.25, -0.2) is 4.98 Å². The van der Waals surface area contributed by atoms with E-state index in [4.69, 9.17) is 11.5 Å². The molecule has 6 nitrogen and oxygen atoms in total. The Morgan fingerprint density at radius 1 is 1.60 bits per heavy atom. The van der Waals surface area contributed by atoms with Crippen LogP contribution < -0.4 is 16.4 Å². The molecule has 0 fully saturated rings. The van der Waals surface area contributed by atoms with Crippen LogP contribution in [0.2, 0.25) is 0 Å². The lowest BCUT2D eigenvalue weighted by Crippen LogP contribution is -2.34. The highest BCUT2D eigenvalue weighted by Crippen LogP contribution is 2.16. The van der Waals surface area contributed by atoms with Crippen LogP contribution in [0.1, 0.15) is 12.5 Å². The molecule has 0 saturated carbocycles. The van der Waals surface area contributed by atoms with E-state index in [1.165, 1.54) is 0 Å². The van der Waals surface area contributed by atoms with Gasteiger partial charge >= 0.3 is 0 Å². The highest BCUT2D eigenvalue weighted by molar-refractivity contribution is 5.79. The average Bonchev–Trinajstić information content (AvgIpc) is 2.18. The SMILES string of the molecule is CCN(CC(N)=O)c1nc(N)ncc1C. The fourth-order valence-corrected chi connectivity index (χ4v) is 1.29. The quantitative estimate of drug-likeness (QED) is 0.708. The summed E-state index contributed by atoms with van der Waals surface area (Å²) in [7, 11) is 0. The molecule has 1 rings (SSSR count). The maximum atomic E-state index is 10.8. The van der Waals surface area contributed by atoms with E-state index in [2.05, 4.69) is 9.97 Å². The highest BCUT2D eigenvalue weighted by atomic mass is 16.1. The van der Waals surface area contributed by atoms with E-state index >= 15 is 0 Å². The first-order chi connectivity index (χ1) is 7.04. The van der Waals surface area contributed by atoms with Crippen LogP contribution in [-0.4, -0.2) is 29.0 Å². The fourth-order valence-electron chi connectivity index (χ4n) is 1.29. The number of likely N-dealkylation sites (N-methyl/N-ethyl adjacent to an activating group) is 1. The first-order valence-corrected chi connectivity index (χ1v) is 4.67. The summed E-state index contributed by atoms with van der Waals surface area (Å²) in [5, 5.41) is 0. The van der Waals surface area contributed by atoms with E-state index in [0.717, 1.165) is 5.56 Å². The third-order valence-electron chi connectivity index (χ3n) is 1.99. The number of aryl methyl sites for hydroxylation is 1. The number of primary amides is 1. The van der Waals surface area contributed by atoms with Crippen molar-refractivity contribution in [2.75, 3.05) is 23.7 Å². The highest BCUT2D eigenvalue weighted by Gasteiger charge is 2.12. The molecule has 6 heteroatoms. The number of hydrogen-bond acceptors (Lipinski definition) is 5. The lowest BCUT2D eigenvalue weighted by molar-refractivity contribution is -0.116. The summed E-state index contributed by atoms with van der Waals surface area (Å²) >= 11 is 0. The summed E-state index contributed by atoms with van der Waals surface area (Å²) in [6, 6.07) is 0. The van der Waals surface area contributed by atoms with Crippen molar-refractivity contribution in [2.24, 2.45) is 5.73 Å². The summed E-state index contributed by atoms with van der Waals surface area (Å²) in [6.45, 7) is 4.55. The topological polar surface area (TPSA) is 98.1 Å². The monoisotopic (exact) mass is 209 g/mol. The Kier molecular flexibility index (Phi) is 3.43. The number of carbonyl (C=O) groups is 1. The van der Waals surface area contributed by atoms with Gasteiger partial charge in [0, 0.05) is 18.3 Å². The fraction of sp³-hybridized carbons (Fsp3) is 0.444. The molecule has 15 heavy (non-hydrogen) atoms.